The number of benzene rings is 2. The second kappa shape index (κ2) is 7.39. The third kappa shape index (κ3) is 3.05. The van der Waals surface area contributed by atoms with E-state index in [4.69, 9.17) is 4.74 Å². The zero-order valence-corrected chi connectivity index (χ0v) is 16.1. The maximum atomic E-state index is 13.5. The molecule has 1 atom stereocenters. The second-order valence-corrected chi connectivity index (χ2v) is 6.96. The summed E-state index contributed by atoms with van der Waals surface area (Å²) in [5.41, 5.74) is 1.26. The normalized spacial score (nSPS) is 19.0. The number of rotatable bonds is 6. The number of methoxy groups -OCH3 is 1. The lowest BCUT2D eigenvalue weighted by atomic mass is 9.75. The van der Waals surface area contributed by atoms with Crippen LogP contribution >= 0.6 is 0 Å². The van der Waals surface area contributed by atoms with E-state index in [2.05, 4.69) is 13.5 Å². The lowest BCUT2D eigenvalue weighted by molar-refractivity contribution is 0.0503. The highest BCUT2D eigenvalue weighted by Gasteiger charge is 2.49. The monoisotopic (exact) mass is 363 g/mol. The highest BCUT2D eigenvalue weighted by atomic mass is 16.5. The van der Waals surface area contributed by atoms with Crippen LogP contribution in [0.1, 0.15) is 53.0 Å². The average molecular weight is 363 g/mol. The van der Waals surface area contributed by atoms with Gasteiger partial charge < -0.3 is 9.64 Å². The number of unbranched alkanes of at least 4 members (excludes halogenated alkanes) is 1. The second-order valence-electron chi connectivity index (χ2n) is 6.96. The van der Waals surface area contributed by atoms with Gasteiger partial charge in [-0.25, -0.2) is 0 Å². The van der Waals surface area contributed by atoms with E-state index in [1.54, 1.807) is 36.3 Å². The zero-order chi connectivity index (χ0) is 19.6. The third-order valence-electron chi connectivity index (χ3n) is 5.39. The fourth-order valence-electron chi connectivity index (χ4n) is 3.62. The minimum Gasteiger partial charge on any atom is -0.497 e. The minimum absolute atomic E-state index is 0.0883. The molecule has 0 bridgehead atoms. The number of hydrogen-bond acceptors (Lipinski definition) is 3. The van der Waals surface area contributed by atoms with E-state index < -0.39 is 5.54 Å². The number of hydrogen-bond donors (Lipinski definition) is 0. The summed E-state index contributed by atoms with van der Waals surface area (Å²) in [7, 11) is 1.61. The fraction of sp³-hybridized carbons (Fsp3) is 0.304. The fourth-order valence-corrected chi connectivity index (χ4v) is 3.62. The van der Waals surface area contributed by atoms with E-state index in [9.17, 15) is 9.59 Å². The number of ketones is 1. The molecule has 0 aromatic heterocycles. The molecule has 1 heterocycles. The molecule has 0 radical (unpaired) electrons. The van der Waals surface area contributed by atoms with Crippen LogP contribution in [0.4, 0.5) is 0 Å². The molecular formula is C23H25NO3. The molecule has 140 valence electrons. The molecular weight excluding hydrogens is 338 g/mol. The minimum atomic E-state index is -1.12. The van der Waals surface area contributed by atoms with Crippen LogP contribution in [0.5, 0.6) is 5.75 Å². The van der Waals surface area contributed by atoms with Crippen LogP contribution in [0, 0.1) is 0 Å². The number of amides is 1. The van der Waals surface area contributed by atoms with E-state index in [0.29, 0.717) is 23.2 Å². The Kier molecular flexibility index (Phi) is 5.17. The van der Waals surface area contributed by atoms with Gasteiger partial charge in [-0.15, -0.1) is 0 Å². The van der Waals surface area contributed by atoms with Crippen molar-refractivity contribution in [2.45, 2.75) is 32.2 Å². The van der Waals surface area contributed by atoms with Crippen molar-refractivity contribution >= 4 is 17.3 Å². The summed E-state index contributed by atoms with van der Waals surface area (Å²) in [5, 5.41) is 0. The summed E-state index contributed by atoms with van der Waals surface area (Å²) < 4.78 is 5.22. The van der Waals surface area contributed by atoms with E-state index >= 15 is 0 Å². The Morgan fingerprint density at radius 2 is 1.70 bits per heavy atom. The van der Waals surface area contributed by atoms with Gasteiger partial charge in [0.2, 0.25) is 0 Å². The quantitative estimate of drug-likeness (QED) is 0.753. The number of carbonyl (C=O) groups is 2. The van der Waals surface area contributed by atoms with Crippen LogP contribution < -0.4 is 4.74 Å². The topological polar surface area (TPSA) is 46.6 Å². The van der Waals surface area contributed by atoms with Crippen LogP contribution in [0.3, 0.4) is 0 Å². The Labute approximate surface area is 160 Å². The highest BCUT2D eigenvalue weighted by Crippen LogP contribution is 2.40. The molecule has 2 aromatic carbocycles. The molecule has 1 unspecified atom stereocenters. The van der Waals surface area contributed by atoms with Gasteiger partial charge in [-0.1, -0.05) is 50.3 Å². The predicted octanol–water partition coefficient (Wildman–Crippen LogP) is 4.61. The number of carbonyl (C=O) groups excluding carboxylic acids is 2. The molecule has 3 rings (SSSR count). The Bertz CT molecular complexity index is 885. The molecule has 0 saturated heterocycles. The number of nitrogens with zero attached hydrogens (tertiary/aromatic N) is 1. The number of Topliss-reactive ketones (excluding diaryl/α,β-unsaturated/α-hetero) is 1. The first-order valence-electron chi connectivity index (χ1n) is 9.24. The summed E-state index contributed by atoms with van der Waals surface area (Å²) in [6, 6.07) is 14.5. The largest absolute Gasteiger partial charge is 0.497 e. The van der Waals surface area contributed by atoms with Crippen molar-refractivity contribution in [1.29, 1.82) is 0 Å². The van der Waals surface area contributed by atoms with E-state index in [0.717, 1.165) is 24.2 Å². The SMILES string of the molecule is C=C(c1ccc(OC)cc1)C1(C)C(=O)c2ccccc2C(=O)N1CCCC. The van der Waals surface area contributed by atoms with Crippen LogP contribution in [0.2, 0.25) is 0 Å². The Morgan fingerprint density at radius 1 is 1.07 bits per heavy atom. The molecule has 27 heavy (non-hydrogen) atoms. The average Bonchev–Trinajstić information content (AvgIpc) is 2.71. The van der Waals surface area contributed by atoms with E-state index in [1.807, 2.05) is 31.2 Å². The molecule has 0 spiro atoms. The molecule has 1 amide bonds. The van der Waals surface area contributed by atoms with Gasteiger partial charge in [0.05, 0.1) is 12.7 Å². The van der Waals surface area contributed by atoms with Gasteiger partial charge in [0.25, 0.3) is 5.91 Å². The van der Waals surface area contributed by atoms with E-state index in [-0.39, 0.29) is 11.7 Å². The van der Waals surface area contributed by atoms with E-state index in [1.165, 1.54) is 0 Å². The summed E-state index contributed by atoms with van der Waals surface area (Å²) in [5.74, 6) is 0.529. The summed E-state index contributed by atoms with van der Waals surface area (Å²) in [6.45, 7) is 8.63. The lowest BCUT2D eigenvalue weighted by Crippen LogP contribution is -2.59. The van der Waals surface area contributed by atoms with Crippen molar-refractivity contribution in [3.05, 3.63) is 71.8 Å². The van der Waals surface area contributed by atoms with Crippen molar-refractivity contribution < 1.29 is 14.3 Å². The standard InChI is InChI=1S/C23H25NO3/c1-5-6-15-24-22(26)20-10-8-7-9-19(20)21(25)23(24,3)16(2)17-11-13-18(27-4)14-12-17/h7-14H,2,5-6,15H2,1,3-4H3. The third-order valence-corrected chi connectivity index (χ3v) is 5.39. The van der Waals surface area contributed by atoms with Gasteiger partial charge in [-0.3, -0.25) is 9.59 Å². The Balaban J connectivity index is 2.11. The van der Waals surface area contributed by atoms with Crippen molar-refractivity contribution in [1.82, 2.24) is 4.90 Å². The molecule has 0 fully saturated rings. The summed E-state index contributed by atoms with van der Waals surface area (Å²) >= 11 is 0. The van der Waals surface area contributed by atoms with Crippen molar-refractivity contribution in [3.8, 4) is 5.75 Å². The van der Waals surface area contributed by atoms with Gasteiger partial charge in [0.15, 0.2) is 5.78 Å². The maximum absolute atomic E-state index is 13.5. The van der Waals surface area contributed by atoms with Gasteiger partial charge in [-0.05, 0) is 42.7 Å². The molecule has 4 nitrogen and oxygen atoms in total. The zero-order valence-electron chi connectivity index (χ0n) is 16.1. The molecule has 4 heteroatoms. The van der Waals surface area contributed by atoms with Crippen molar-refractivity contribution in [3.63, 3.8) is 0 Å². The number of ether oxygens (including phenoxy) is 1. The molecule has 1 aliphatic rings. The highest BCUT2D eigenvalue weighted by molar-refractivity contribution is 6.21. The molecule has 0 saturated carbocycles. The smallest absolute Gasteiger partial charge is 0.255 e. The van der Waals surface area contributed by atoms with Gasteiger partial charge in [0, 0.05) is 12.1 Å². The van der Waals surface area contributed by atoms with Crippen LogP contribution in [0.15, 0.2) is 55.1 Å². The lowest BCUT2D eigenvalue weighted by Gasteiger charge is -2.45. The first kappa shape index (κ1) is 18.9. The van der Waals surface area contributed by atoms with Crippen LogP contribution in [-0.4, -0.2) is 35.8 Å². The van der Waals surface area contributed by atoms with Gasteiger partial charge >= 0.3 is 0 Å². The first-order chi connectivity index (χ1) is 12.9. The van der Waals surface area contributed by atoms with Crippen LogP contribution in [0.25, 0.3) is 5.57 Å². The van der Waals surface area contributed by atoms with Gasteiger partial charge in [-0.2, -0.15) is 0 Å². The molecule has 0 N–H and O–H groups in total. The Hall–Kier alpha value is -2.88. The molecule has 1 aliphatic heterocycles. The molecule has 0 aliphatic carbocycles. The van der Waals surface area contributed by atoms with Crippen LogP contribution in [-0.2, 0) is 0 Å². The first-order valence-corrected chi connectivity index (χ1v) is 9.24. The Morgan fingerprint density at radius 3 is 2.30 bits per heavy atom. The maximum Gasteiger partial charge on any atom is 0.255 e. The van der Waals surface area contributed by atoms with Gasteiger partial charge in [0.1, 0.15) is 11.3 Å². The summed E-state index contributed by atoms with van der Waals surface area (Å²) in [6.07, 6.45) is 1.76. The van der Waals surface area contributed by atoms with Crippen molar-refractivity contribution in [2.24, 2.45) is 0 Å². The number of fused-ring (bicyclic) bond motifs is 1. The summed E-state index contributed by atoms with van der Waals surface area (Å²) in [4.78, 5) is 28.4. The predicted molar refractivity (Wildman–Crippen MR) is 107 cm³/mol. The van der Waals surface area contributed by atoms with Crippen molar-refractivity contribution in [2.75, 3.05) is 13.7 Å². The molecule has 2 aromatic rings.